The molecule has 112 valence electrons. The lowest BCUT2D eigenvalue weighted by Crippen LogP contribution is -2.45. The summed E-state index contributed by atoms with van der Waals surface area (Å²) >= 11 is 0. The van der Waals surface area contributed by atoms with Gasteiger partial charge >= 0.3 is 5.97 Å². The Morgan fingerprint density at radius 3 is 2.90 bits per heavy atom. The van der Waals surface area contributed by atoms with Gasteiger partial charge in [-0.25, -0.2) is 0 Å². The highest BCUT2D eigenvalue weighted by Crippen LogP contribution is 2.12. The zero-order valence-corrected chi connectivity index (χ0v) is 12.0. The Kier molecular flexibility index (Phi) is 5.11. The third-order valence-corrected chi connectivity index (χ3v) is 3.45. The molecule has 0 unspecified atom stereocenters. The monoisotopic (exact) mass is 289 g/mol. The van der Waals surface area contributed by atoms with Crippen LogP contribution in [-0.2, 0) is 14.3 Å². The molecule has 5 heteroatoms. The Morgan fingerprint density at radius 1 is 1.43 bits per heavy atom. The van der Waals surface area contributed by atoms with Crippen molar-refractivity contribution in [1.29, 1.82) is 0 Å². The Hall–Kier alpha value is -2.14. The zero-order chi connectivity index (χ0) is 15.2. The van der Waals surface area contributed by atoms with Crippen LogP contribution in [0.1, 0.15) is 17.5 Å². The van der Waals surface area contributed by atoms with Crippen molar-refractivity contribution in [2.75, 3.05) is 19.7 Å². The largest absolute Gasteiger partial charge is 0.481 e. The van der Waals surface area contributed by atoms with Crippen LogP contribution in [0.15, 0.2) is 30.3 Å². The first-order valence-corrected chi connectivity index (χ1v) is 6.92. The first-order chi connectivity index (χ1) is 10.1. The summed E-state index contributed by atoms with van der Waals surface area (Å²) in [4.78, 5) is 24.5. The highest BCUT2D eigenvalue weighted by Gasteiger charge is 2.24. The van der Waals surface area contributed by atoms with Gasteiger partial charge in [0.2, 0.25) is 5.91 Å². The van der Waals surface area contributed by atoms with E-state index in [1.165, 1.54) is 6.08 Å². The van der Waals surface area contributed by atoms with Crippen LogP contribution in [-0.4, -0.2) is 47.7 Å². The molecule has 0 radical (unpaired) electrons. The van der Waals surface area contributed by atoms with Crippen molar-refractivity contribution in [2.45, 2.75) is 19.4 Å². The van der Waals surface area contributed by atoms with Gasteiger partial charge in [0.15, 0.2) is 0 Å². The standard InChI is InChI=1S/C16H19NO4/c1-12-4-2-3-5-13(12)6-7-15(18)17-8-9-21-14(11-17)10-16(19)20/h2-7,14H,8-11H2,1H3,(H,19,20)/b7-6-/t14-/m1/s1. The van der Waals surface area contributed by atoms with Gasteiger partial charge in [-0.15, -0.1) is 0 Å². The van der Waals surface area contributed by atoms with Crippen molar-refractivity contribution >= 4 is 18.0 Å². The fourth-order valence-electron chi connectivity index (χ4n) is 2.28. The Morgan fingerprint density at radius 2 is 2.19 bits per heavy atom. The lowest BCUT2D eigenvalue weighted by molar-refractivity contribution is -0.145. The van der Waals surface area contributed by atoms with Crippen molar-refractivity contribution in [3.05, 3.63) is 41.5 Å². The Labute approximate surface area is 123 Å². The SMILES string of the molecule is Cc1ccccc1/C=C\C(=O)N1CCO[C@H](CC(=O)O)C1. The molecule has 0 aromatic heterocycles. The summed E-state index contributed by atoms with van der Waals surface area (Å²) in [6.07, 6.45) is 2.82. The number of hydrogen-bond acceptors (Lipinski definition) is 3. The number of amides is 1. The van der Waals surface area contributed by atoms with E-state index in [9.17, 15) is 9.59 Å². The Balaban J connectivity index is 1.96. The normalized spacial score (nSPS) is 18.9. The lowest BCUT2D eigenvalue weighted by atomic mass is 10.1. The molecule has 1 aromatic rings. The number of ether oxygens (including phenoxy) is 1. The average molecular weight is 289 g/mol. The van der Waals surface area contributed by atoms with Gasteiger partial charge in [-0.05, 0) is 24.1 Å². The van der Waals surface area contributed by atoms with Crippen LogP contribution in [0.5, 0.6) is 0 Å². The van der Waals surface area contributed by atoms with Crippen LogP contribution in [0.4, 0.5) is 0 Å². The molecule has 1 atom stereocenters. The number of aryl methyl sites for hydroxylation is 1. The molecule has 0 aliphatic carbocycles. The first kappa shape index (κ1) is 15.3. The van der Waals surface area contributed by atoms with Gasteiger partial charge in [-0.1, -0.05) is 24.3 Å². The van der Waals surface area contributed by atoms with Gasteiger partial charge in [-0.3, -0.25) is 9.59 Å². The molecule has 0 saturated carbocycles. The maximum atomic E-state index is 12.2. The number of carbonyl (C=O) groups excluding carboxylic acids is 1. The smallest absolute Gasteiger partial charge is 0.306 e. The second-order valence-electron chi connectivity index (χ2n) is 5.06. The molecular weight excluding hydrogens is 270 g/mol. The second kappa shape index (κ2) is 7.04. The van der Waals surface area contributed by atoms with E-state index in [0.29, 0.717) is 19.7 Å². The number of rotatable bonds is 4. The van der Waals surface area contributed by atoms with Crippen LogP contribution in [0.2, 0.25) is 0 Å². The molecule has 5 nitrogen and oxygen atoms in total. The quantitative estimate of drug-likeness (QED) is 0.857. The predicted octanol–water partition coefficient (Wildman–Crippen LogP) is 1.71. The maximum absolute atomic E-state index is 12.2. The van der Waals surface area contributed by atoms with Crippen molar-refractivity contribution in [3.63, 3.8) is 0 Å². The maximum Gasteiger partial charge on any atom is 0.306 e. The minimum atomic E-state index is -0.912. The zero-order valence-electron chi connectivity index (χ0n) is 12.0. The van der Waals surface area contributed by atoms with Gasteiger partial charge in [0.05, 0.1) is 19.1 Å². The highest BCUT2D eigenvalue weighted by atomic mass is 16.5. The number of benzene rings is 1. The minimum Gasteiger partial charge on any atom is -0.481 e. The Bertz CT molecular complexity index is 553. The van der Waals surface area contributed by atoms with Crippen LogP contribution in [0, 0.1) is 6.92 Å². The third kappa shape index (κ3) is 4.43. The molecule has 1 saturated heterocycles. The summed E-state index contributed by atoms with van der Waals surface area (Å²) in [6, 6.07) is 7.81. The van der Waals surface area contributed by atoms with Gasteiger partial charge in [0.25, 0.3) is 0 Å². The van der Waals surface area contributed by atoms with Crippen LogP contribution >= 0.6 is 0 Å². The molecule has 2 rings (SSSR count). The highest BCUT2D eigenvalue weighted by molar-refractivity contribution is 5.92. The summed E-state index contributed by atoms with van der Waals surface area (Å²) in [7, 11) is 0. The average Bonchev–Trinajstić information content (AvgIpc) is 2.45. The lowest BCUT2D eigenvalue weighted by Gasteiger charge is -2.31. The summed E-state index contributed by atoms with van der Waals surface area (Å²) in [5, 5.41) is 8.78. The van der Waals surface area contributed by atoms with E-state index in [2.05, 4.69) is 0 Å². The van der Waals surface area contributed by atoms with E-state index in [1.807, 2.05) is 31.2 Å². The third-order valence-electron chi connectivity index (χ3n) is 3.45. The van der Waals surface area contributed by atoms with Gasteiger partial charge in [0.1, 0.15) is 0 Å². The molecule has 1 aromatic carbocycles. The number of hydrogen-bond donors (Lipinski definition) is 1. The predicted molar refractivity (Wildman–Crippen MR) is 78.8 cm³/mol. The molecule has 1 fully saturated rings. The molecular formula is C16H19NO4. The van der Waals surface area contributed by atoms with Crippen molar-refractivity contribution in [1.82, 2.24) is 4.90 Å². The number of morpholine rings is 1. The molecule has 1 aliphatic rings. The fourth-order valence-corrected chi connectivity index (χ4v) is 2.28. The van der Waals surface area contributed by atoms with Crippen molar-refractivity contribution in [2.24, 2.45) is 0 Å². The second-order valence-corrected chi connectivity index (χ2v) is 5.06. The van der Waals surface area contributed by atoms with E-state index < -0.39 is 12.1 Å². The number of aliphatic carboxylic acids is 1. The van der Waals surface area contributed by atoms with Crippen LogP contribution in [0.3, 0.4) is 0 Å². The van der Waals surface area contributed by atoms with E-state index >= 15 is 0 Å². The van der Waals surface area contributed by atoms with E-state index in [0.717, 1.165) is 11.1 Å². The number of carbonyl (C=O) groups is 2. The van der Waals surface area contributed by atoms with E-state index in [-0.39, 0.29) is 12.3 Å². The van der Waals surface area contributed by atoms with Crippen LogP contribution < -0.4 is 0 Å². The van der Waals surface area contributed by atoms with Gasteiger partial charge in [0, 0.05) is 19.2 Å². The number of carboxylic acids is 1. The molecule has 1 heterocycles. The number of nitrogens with zero attached hydrogens (tertiary/aromatic N) is 1. The molecule has 1 aliphatic heterocycles. The number of carboxylic acid groups (broad SMARTS) is 1. The first-order valence-electron chi connectivity index (χ1n) is 6.92. The van der Waals surface area contributed by atoms with Gasteiger partial charge in [-0.2, -0.15) is 0 Å². The summed E-state index contributed by atoms with van der Waals surface area (Å²) in [5.74, 6) is -1.03. The summed E-state index contributed by atoms with van der Waals surface area (Å²) in [6.45, 7) is 3.18. The molecule has 1 N–H and O–H groups in total. The molecule has 0 spiro atoms. The van der Waals surface area contributed by atoms with E-state index in [1.54, 1.807) is 11.0 Å². The summed E-state index contributed by atoms with van der Waals surface area (Å²) < 4.78 is 5.35. The van der Waals surface area contributed by atoms with E-state index in [4.69, 9.17) is 9.84 Å². The van der Waals surface area contributed by atoms with Crippen molar-refractivity contribution in [3.8, 4) is 0 Å². The molecule has 0 bridgehead atoms. The van der Waals surface area contributed by atoms with Crippen LogP contribution in [0.25, 0.3) is 6.08 Å². The fraction of sp³-hybridized carbons (Fsp3) is 0.375. The van der Waals surface area contributed by atoms with Gasteiger partial charge < -0.3 is 14.7 Å². The molecule has 1 amide bonds. The minimum absolute atomic E-state index is 0.0781. The van der Waals surface area contributed by atoms with Crippen molar-refractivity contribution < 1.29 is 19.4 Å². The molecule has 21 heavy (non-hydrogen) atoms. The summed E-state index contributed by atoms with van der Waals surface area (Å²) in [5.41, 5.74) is 2.11. The topological polar surface area (TPSA) is 66.8 Å².